The van der Waals surface area contributed by atoms with Gasteiger partial charge in [0, 0.05) is 46.8 Å². The number of pyridine rings is 1. The molecule has 3 aromatic rings. The minimum absolute atomic E-state index is 0.00730. The van der Waals surface area contributed by atoms with Crippen molar-refractivity contribution in [3.63, 3.8) is 0 Å². The van der Waals surface area contributed by atoms with Crippen molar-refractivity contribution in [1.29, 1.82) is 0 Å². The number of nitrogens with two attached hydrogens (primary N) is 1. The van der Waals surface area contributed by atoms with E-state index in [2.05, 4.69) is 15.3 Å². The molecule has 0 saturated carbocycles. The van der Waals surface area contributed by atoms with Gasteiger partial charge in [-0.3, -0.25) is 19.4 Å². The van der Waals surface area contributed by atoms with E-state index in [-0.39, 0.29) is 57.1 Å². The van der Waals surface area contributed by atoms with Crippen molar-refractivity contribution in [2.45, 2.75) is 66.4 Å². The van der Waals surface area contributed by atoms with Crippen LogP contribution in [0.15, 0.2) is 59.6 Å². The average molecular weight is 754 g/mol. The fraction of sp³-hybridized carbons (Fsp3) is 0.385. The van der Waals surface area contributed by atoms with Gasteiger partial charge in [0.1, 0.15) is 11.5 Å². The number of amides is 1. The van der Waals surface area contributed by atoms with Crippen molar-refractivity contribution >= 4 is 80.3 Å². The molecule has 1 aliphatic carbocycles. The summed E-state index contributed by atoms with van der Waals surface area (Å²) >= 11 is 12.4. The van der Waals surface area contributed by atoms with Crippen LogP contribution >= 0.6 is 23.2 Å². The highest BCUT2D eigenvalue weighted by molar-refractivity contribution is 6.42. The first-order chi connectivity index (χ1) is 24.7. The highest BCUT2D eigenvalue weighted by Crippen LogP contribution is 2.34. The second-order valence-corrected chi connectivity index (χ2v) is 13.3. The molecule has 0 atom stereocenters. The molecular formula is C39H46Cl2N4O7. The maximum Gasteiger partial charge on any atom is 0.339 e. The maximum absolute atomic E-state index is 12.5. The van der Waals surface area contributed by atoms with Gasteiger partial charge in [-0.1, -0.05) is 48.3 Å². The molecule has 4 rings (SSSR count). The molecule has 1 aliphatic rings. The number of anilines is 1. The van der Waals surface area contributed by atoms with Gasteiger partial charge in [-0.05, 0) is 89.5 Å². The predicted octanol–water partition coefficient (Wildman–Crippen LogP) is 7.60. The normalized spacial score (nSPS) is 13.1. The van der Waals surface area contributed by atoms with Crippen LogP contribution in [-0.2, 0) is 28.6 Å². The number of allylic oxidation sites excluding steroid dienone is 4. The van der Waals surface area contributed by atoms with E-state index in [1.165, 1.54) is 12.1 Å². The van der Waals surface area contributed by atoms with E-state index in [0.717, 1.165) is 52.5 Å². The van der Waals surface area contributed by atoms with Gasteiger partial charge in [0.2, 0.25) is 5.91 Å². The van der Waals surface area contributed by atoms with Crippen molar-refractivity contribution in [1.82, 2.24) is 10.3 Å². The fourth-order valence-electron chi connectivity index (χ4n) is 4.84. The Kier molecular flexibility index (Phi) is 16.1. The number of esters is 1. The predicted molar refractivity (Wildman–Crippen MR) is 207 cm³/mol. The third-order valence-corrected chi connectivity index (χ3v) is 8.64. The second kappa shape index (κ2) is 20.0. The van der Waals surface area contributed by atoms with Gasteiger partial charge >= 0.3 is 5.97 Å². The van der Waals surface area contributed by atoms with Crippen molar-refractivity contribution in [3.05, 3.63) is 81.4 Å². The van der Waals surface area contributed by atoms with Crippen LogP contribution in [0.4, 0.5) is 11.5 Å². The molecular weight excluding hydrogens is 707 g/mol. The summed E-state index contributed by atoms with van der Waals surface area (Å²) in [6, 6.07) is 10.7. The number of aromatic nitrogens is 1. The van der Waals surface area contributed by atoms with Crippen LogP contribution in [0.1, 0.15) is 75.4 Å². The van der Waals surface area contributed by atoms with Crippen LogP contribution in [0.25, 0.3) is 16.5 Å². The van der Waals surface area contributed by atoms with Gasteiger partial charge in [0.15, 0.2) is 11.6 Å². The number of carbonyl (C=O) groups excluding carboxylic acids is 4. The first kappa shape index (κ1) is 42.0. The van der Waals surface area contributed by atoms with Gasteiger partial charge < -0.3 is 25.3 Å². The monoisotopic (exact) mass is 752 g/mol. The standard InChI is InChI=1S/C24H27Cl2NO6.C15H19N3O/c1-4-24(2,3)33-11-9-27-21(30)6-5-10-32-23(31)19-13-15(25)12-18(22(19)26)17-14-16(28)7-8-20(17)29;1-4-19-9-10(2)17-14-11(3)12-7-5-6-8-13(12)18-15(14)16/h7-8,12-14H,4-6,9-11H2,1-3H3,(H,27,30);5-8H,4,9H2,1-3H3,(H2,16,18). The number of ketones is 2. The number of hydrogen-bond donors (Lipinski definition) is 2. The van der Waals surface area contributed by atoms with E-state index < -0.39 is 11.8 Å². The number of carbonyl (C=O) groups is 4. The van der Waals surface area contributed by atoms with Gasteiger partial charge in [-0.15, -0.1) is 0 Å². The Labute approximate surface area is 314 Å². The smallest absolute Gasteiger partial charge is 0.339 e. The van der Waals surface area contributed by atoms with Crippen LogP contribution in [0, 0.1) is 6.92 Å². The van der Waals surface area contributed by atoms with E-state index in [9.17, 15) is 19.2 Å². The molecule has 2 aromatic carbocycles. The first-order valence-corrected chi connectivity index (χ1v) is 17.7. The average Bonchev–Trinajstić information content (AvgIpc) is 3.11. The lowest BCUT2D eigenvalue weighted by Crippen LogP contribution is -2.31. The Morgan fingerprint density at radius 3 is 2.50 bits per heavy atom. The summed E-state index contributed by atoms with van der Waals surface area (Å²) in [5, 5.41) is 3.95. The number of fused-ring (bicyclic) bond motifs is 1. The number of hydrogen-bond acceptors (Lipinski definition) is 10. The molecule has 3 N–H and O–H groups in total. The Morgan fingerprint density at radius 1 is 1.06 bits per heavy atom. The SMILES string of the molecule is CCC(C)(C)OCCNC(=O)CCCOC(=O)c1cc(Cl)cc(C2=CC(=O)C=CC2=O)c1Cl.CCOCC(C)=Nc1c(N)nc2ccccc2c1C. The minimum Gasteiger partial charge on any atom is -0.462 e. The minimum atomic E-state index is -0.745. The molecule has 52 heavy (non-hydrogen) atoms. The zero-order valence-electron chi connectivity index (χ0n) is 30.4. The summed E-state index contributed by atoms with van der Waals surface area (Å²) in [5.74, 6) is -1.25. The number of benzene rings is 2. The molecule has 0 fully saturated rings. The molecule has 0 spiro atoms. The number of nitrogen functional groups attached to an aromatic ring is 1. The molecule has 0 radical (unpaired) electrons. The van der Waals surface area contributed by atoms with Crippen LogP contribution in [0.2, 0.25) is 10.0 Å². The number of nitrogens with one attached hydrogen (secondary N) is 1. The Hall–Kier alpha value is -4.42. The number of aliphatic imine (C=N–C) groups is 1. The maximum atomic E-state index is 12.5. The summed E-state index contributed by atoms with van der Waals surface area (Å²) in [6.07, 6.45) is 4.78. The Bertz CT molecular complexity index is 1890. The van der Waals surface area contributed by atoms with Crippen LogP contribution in [0.5, 0.6) is 0 Å². The number of ether oxygens (including phenoxy) is 3. The van der Waals surface area contributed by atoms with Crippen LogP contribution in [-0.4, -0.2) is 72.7 Å². The van der Waals surface area contributed by atoms with Gasteiger partial charge in [0.25, 0.3) is 0 Å². The third-order valence-electron chi connectivity index (χ3n) is 8.01. The molecule has 11 nitrogen and oxygen atoms in total. The largest absolute Gasteiger partial charge is 0.462 e. The lowest BCUT2D eigenvalue weighted by molar-refractivity contribution is -0.122. The van der Waals surface area contributed by atoms with Crippen molar-refractivity contribution in [3.8, 4) is 0 Å². The Morgan fingerprint density at radius 2 is 1.79 bits per heavy atom. The molecule has 1 heterocycles. The summed E-state index contributed by atoms with van der Waals surface area (Å²) in [7, 11) is 0. The van der Waals surface area contributed by atoms with Gasteiger partial charge in [0.05, 0.1) is 41.5 Å². The van der Waals surface area contributed by atoms with Crippen molar-refractivity contribution < 1.29 is 33.4 Å². The van der Waals surface area contributed by atoms with E-state index in [0.29, 0.717) is 38.6 Å². The van der Waals surface area contributed by atoms with Gasteiger partial charge in [-0.25, -0.2) is 9.78 Å². The number of para-hydroxylation sites is 1. The molecule has 1 amide bonds. The lowest BCUT2D eigenvalue weighted by atomic mass is 9.95. The number of aryl methyl sites for hydroxylation is 1. The topological polar surface area (TPSA) is 159 Å². The fourth-order valence-corrected chi connectivity index (χ4v) is 5.35. The van der Waals surface area contributed by atoms with E-state index >= 15 is 0 Å². The summed E-state index contributed by atoms with van der Waals surface area (Å²) < 4.78 is 16.2. The zero-order valence-corrected chi connectivity index (χ0v) is 32.0. The van der Waals surface area contributed by atoms with Crippen LogP contribution < -0.4 is 11.1 Å². The van der Waals surface area contributed by atoms with Crippen molar-refractivity contribution in [2.75, 3.05) is 38.7 Å². The highest BCUT2D eigenvalue weighted by Gasteiger charge is 2.23. The van der Waals surface area contributed by atoms with E-state index in [1.807, 2.05) is 65.8 Å². The quantitative estimate of drug-likeness (QED) is 0.0690. The summed E-state index contributed by atoms with van der Waals surface area (Å²) in [6.45, 7) is 13.9. The highest BCUT2D eigenvalue weighted by atomic mass is 35.5. The third kappa shape index (κ3) is 12.4. The first-order valence-electron chi connectivity index (χ1n) is 17.0. The lowest BCUT2D eigenvalue weighted by Gasteiger charge is -2.23. The zero-order chi connectivity index (χ0) is 38.4. The summed E-state index contributed by atoms with van der Waals surface area (Å²) in [4.78, 5) is 57.2. The summed E-state index contributed by atoms with van der Waals surface area (Å²) in [5.41, 5.74) is 9.56. The molecule has 0 aliphatic heterocycles. The van der Waals surface area contributed by atoms with Gasteiger partial charge in [-0.2, -0.15) is 0 Å². The molecule has 278 valence electrons. The second-order valence-electron chi connectivity index (χ2n) is 12.5. The molecule has 0 saturated heterocycles. The van der Waals surface area contributed by atoms with Crippen molar-refractivity contribution in [2.24, 2.45) is 4.99 Å². The molecule has 13 heteroatoms. The van der Waals surface area contributed by atoms with E-state index in [1.54, 1.807) is 0 Å². The number of halogens is 2. The molecule has 0 unspecified atom stereocenters. The van der Waals surface area contributed by atoms with E-state index in [4.69, 9.17) is 43.1 Å². The Balaban J connectivity index is 0.000000323. The molecule has 1 aromatic heterocycles. The van der Waals surface area contributed by atoms with Crippen LogP contribution in [0.3, 0.4) is 0 Å². The molecule has 0 bridgehead atoms. The number of nitrogens with zero attached hydrogens (tertiary/aromatic N) is 2. The number of rotatable bonds is 15.